The van der Waals surface area contributed by atoms with Crippen molar-refractivity contribution in [2.24, 2.45) is 0 Å². The number of hydrogen-bond acceptors (Lipinski definition) is 2. The third-order valence-corrected chi connectivity index (χ3v) is 0.390. The molecule has 0 fully saturated rings. The van der Waals surface area contributed by atoms with Crippen molar-refractivity contribution in [2.75, 3.05) is 7.11 Å². The second-order valence-corrected chi connectivity index (χ2v) is 1.00. The lowest BCUT2D eigenvalue weighted by molar-refractivity contribution is 0.333. The number of aliphatic hydroxyl groups is 1. The predicted octanol–water partition coefficient (Wildman–Crippen LogP) is 1.22. The minimum atomic E-state index is 0.256. The van der Waals surface area contributed by atoms with Crippen LogP contribution >= 0.6 is 0 Å². The second-order valence-electron chi connectivity index (χ2n) is 1.00. The summed E-state index contributed by atoms with van der Waals surface area (Å²) in [5.41, 5.74) is 0. The standard InChI is InChI=1S/C5H8O2/c1-5(6)3-4-7-2/h3-4,6H,1H2,2H3/b4-3+/i/hT. The molecule has 0 heterocycles. The van der Waals surface area contributed by atoms with Gasteiger partial charge in [-0.05, 0) is 0 Å². The van der Waals surface area contributed by atoms with E-state index >= 15 is 0 Å². The van der Waals surface area contributed by atoms with E-state index in [0.29, 0.717) is 0 Å². The molecule has 0 aromatic rings. The Balaban J connectivity index is 3.37. The Hall–Kier alpha value is -0.920. The summed E-state index contributed by atoms with van der Waals surface area (Å²) < 4.78 is 10.8. The molecule has 2 nitrogen and oxygen atoms in total. The van der Waals surface area contributed by atoms with E-state index in [1.165, 1.54) is 19.4 Å². The van der Waals surface area contributed by atoms with E-state index in [0.717, 1.165) is 0 Å². The first-order chi connectivity index (χ1) is 3.81. The van der Waals surface area contributed by atoms with Crippen molar-refractivity contribution in [3.63, 3.8) is 0 Å². The van der Waals surface area contributed by atoms with E-state index < -0.39 is 0 Å². The molecule has 0 saturated carbocycles. The summed E-state index contributed by atoms with van der Waals surface area (Å²) in [6.45, 7) is 3.33. The first-order valence-electron chi connectivity index (χ1n) is 2.23. The molecule has 0 aromatic heterocycles. The van der Waals surface area contributed by atoms with Crippen molar-refractivity contribution < 1.29 is 9.85 Å². The summed E-state index contributed by atoms with van der Waals surface area (Å²) in [5.74, 6) is 0.256. The van der Waals surface area contributed by atoms with E-state index in [9.17, 15) is 0 Å². The number of methoxy groups -OCH3 is 1. The van der Waals surface area contributed by atoms with Crippen molar-refractivity contribution in [3.05, 3.63) is 24.7 Å². The van der Waals surface area contributed by atoms with Crippen LogP contribution in [0, 0.1) is 0 Å². The molecule has 0 amide bonds. The quantitative estimate of drug-likeness (QED) is 0.429. The lowest BCUT2D eigenvalue weighted by Gasteiger charge is -1.83. The maximum Gasteiger partial charge on any atom is 0.293 e. The number of allylic oxidation sites excluding steroid dienone is 1. The summed E-state index contributed by atoms with van der Waals surface area (Å²) in [7, 11) is 1.51. The third kappa shape index (κ3) is 5.08. The van der Waals surface area contributed by atoms with Crippen LogP contribution in [0.1, 0.15) is 0 Å². The zero-order valence-corrected chi connectivity index (χ0v) is 4.18. The lowest BCUT2D eigenvalue weighted by atomic mass is 10.5. The first kappa shape index (κ1) is 4.24. The fourth-order valence-corrected chi connectivity index (χ4v) is 0.144. The van der Waals surface area contributed by atoms with Gasteiger partial charge in [-0.2, -0.15) is 0 Å². The number of aliphatic hydroxyl groups excluding tert-OH is 1. The monoisotopic (exact) mass is 102 g/mol. The topological polar surface area (TPSA) is 29.5 Å². The fraction of sp³-hybridized carbons (Fsp3) is 0.200. The van der Waals surface area contributed by atoms with Gasteiger partial charge in [-0.1, -0.05) is 6.58 Å². The van der Waals surface area contributed by atoms with Crippen LogP contribution < -0.4 is 0 Å². The normalized spacial score (nSPS) is 10.7. The van der Waals surface area contributed by atoms with Crippen molar-refractivity contribution in [2.45, 2.75) is 0 Å². The smallest absolute Gasteiger partial charge is 0.293 e. The highest BCUT2D eigenvalue weighted by molar-refractivity contribution is 5.01. The van der Waals surface area contributed by atoms with Gasteiger partial charge in [0.1, 0.15) is 5.76 Å². The minimum absolute atomic E-state index is 0.256. The molecule has 0 spiro atoms. The summed E-state index contributed by atoms with van der Waals surface area (Å²) in [6.07, 6.45) is 2.84. The van der Waals surface area contributed by atoms with Gasteiger partial charge >= 0.3 is 0 Å². The first-order valence-corrected chi connectivity index (χ1v) is 1.82. The molecule has 0 unspecified atom stereocenters. The van der Waals surface area contributed by atoms with Gasteiger partial charge in [0.15, 0.2) is 0 Å². The number of hydrogen-bond donors (Lipinski definition) is 1. The van der Waals surface area contributed by atoms with E-state index in [1.807, 2.05) is 0 Å². The summed E-state index contributed by atoms with van der Waals surface area (Å²) >= 11 is 0. The molecule has 0 bridgehead atoms. The van der Waals surface area contributed by atoms with Crippen molar-refractivity contribution in [1.29, 1.82) is 1.43 Å². The molecular weight excluding hydrogens is 92.1 g/mol. The van der Waals surface area contributed by atoms with Crippen LogP contribution in [0.2, 0.25) is 0 Å². The largest absolute Gasteiger partial charge is 0.508 e. The highest BCUT2D eigenvalue weighted by Crippen LogP contribution is 1.82. The Morgan fingerprint density at radius 2 is 2.86 bits per heavy atom. The summed E-state index contributed by atoms with van der Waals surface area (Å²) in [6, 6.07) is 0. The van der Waals surface area contributed by atoms with Gasteiger partial charge in [0.25, 0.3) is 1.43 Å². The highest BCUT2D eigenvalue weighted by Gasteiger charge is 1.70. The Morgan fingerprint density at radius 1 is 2.14 bits per heavy atom. The molecule has 7 heavy (non-hydrogen) atoms. The molecule has 1 N–H and O–H groups in total. The Bertz CT molecular complexity index is 98.6. The van der Waals surface area contributed by atoms with Gasteiger partial charge in [-0.15, -0.1) is 0 Å². The van der Waals surface area contributed by atoms with Gasteiger partial charge in [-0.25, -0.2) is 0 Å². The second kappa shape index (κ2) is 3.28. The van der Waals surface area contributed by atoms with Gasteiger partial charge in [0, 0.05) is 6.08 Å². The number of rotatable bonds is 3. The Morgan fingerprint density at radius 3 is 3.29 bits per heavy atom. The predicted molar refractivity (Wildman–Crippen MR) is 27.9 cm³/mol. The van der Waals surface area contributed by atoms with E-state index in [-0.39, 0.29) is 5.76 Å². The molecule has 40 valence electrons. The molecule has 0 atom stereocenters. The van der Waals surface area contributed by atoms with Crippen LogP contribution in [0.3, 0.4) is 0 Å². The van der Waals surface area contributed by atoms with Gasteiger partial charge in [0.05, 0.1) is 13.4 Å². The van der Waals surface area contributed by atoms with Crippen LogP contribution in [-0.4, -0.2) is 12.2 Å². The molecule has 0 aliphatic heterocycles. The van der Waals surface area contributed by atoms with E-state index in [4.69, 9.17) is 1.43 Å². The lowest BCUT2D eigenvalue weighted by Crippen LogP contribution is -1.68. The van der Waals surface area contributed by atoms with Gasteiger partial charge < -0.3 is 9.85 Å². The number of ether oxygens (including phenoxy) is 1. The zero-order chi connectivity index (χ0) is 6.41. The third-order valence-electron chi connectivity index (χ3n) is 0.390. The average Bonchev–Trinajstić information content (AvgIpc) is 1.83. The Labute approximate surface area is 44.2 Å². The van der Waals surface area contributed by atoms with Gasteiger partial charge in [-0.3, -0.25) is 0 Å². The van der Waals surface area contributed by atoms with Crippen LogP contribution in [0.25, 0.3) is 1.43 Å². The van der Waals surface area contributed by atoms with Gasteiger partial charge in [0.2, 0.25) is 0 Å². The van der Waals surface area contributed by atoms with Crippen molar-refractivity contribution in [1.82, 2.24) is 0 Å². The molecule has 0 aliphatic rings. The molecule has 0 saturated heterocycles. The highest BCUT2D eigenvalue weighted by atomic mass is 16.5. The average molecular weight is 102 g/mol. The summed E-state index contributed by atoms with van der Waals surface area (Å²) in [4.78, 5) is 0. The van der Waals surface area contributed by atoms with Crippen LogP contribution in [0.5, 0.6) is 0 Å². The van der Waals surface area contributed by atoms with Crippen LogP contribution in [0.15, 0.2) is 24.7 Å². The SMILES string of the molecule is [3H]OC(=C)/C=C/OC. The van der Waals surface area contributed by atoms with E-state index in [2.05, 4.69) is 16.4 Å². The maximum atomic E-state index is 6.28. The zero-order valence-electron chi connectivity index (χ0n) is 5.18. The van der Waals surface area contributed by atoms with Crippen molar-refractivity contribution >= 4 is 0 Å². The molecule has 0 rings (SSSR count). The molecule has 0 aliphatic carbocycles. The Kier molecular flexibility index (Phi) is 1.99. The molecular formula is C5H8O2. The fourth-order valence-electron chi connectivity index (χ4n) is 0.144. The van der Waals surface area contributed by atoms with E-state index in [1.54, 1.807) is 0 Å². The minimum Gasteiger partial charge on any atom is -0.508 e. The van der Waals surface area contributed by atoms with Crippen molar-refractivity contribution in [3.8, 4) is 0 Å². The summed E-state index contributed by atoms with van der Waals surface area (Å²) in [5, 5.41) is 3.94. The maximum absolute atomic E-state index is 6.28. The molecule has 0 aromatic carbocycles. The van der Waals surface area contributed by atoms with Crippen LogP contribution in [-0.2, 0) is 4.74 Å². The molecule has 2 heteroatoms. The molecule has 0 radical (unpaired) electrons. The van der Waals surface area contributed by atoms with Crippen LogP contribution in [0.4, 0.5) is 0 Å².